The zero-order chi connectivity index (χ0) is 10.7. The molecule has 0 aromatic heterocycles. The van der Waals surface area contributed by atoms with Gasteiger partial charge < -0.3 is 10.1 Å². The van der Waals surface area contributed by atoms with Crippen LogP contribution in [0.25, 0.3) is 0 Å². The Morgan fingerprint density at radius 1 is 1.33 bits per heavy atom. The fourth-order valence-corrected chi connectivity index (χ4v) is 2.24. The molecule has 2 nitrogen and oxygen atoms in total. The maximum absolute atomic E-state index is 5.85. The molecule has 82 valence electrons. The SMILES string of the molecule is COC1CNCC1Cc1ccc(Cl)cc1. The molecule has 1 aliphatic rings. The molecular formula is C12H16ClNO. The van der Waals surface area contributed by atoms with Crippen molar-refractivity contribution in [3.05, 3.63) is 34.9 Å². The molecule has 2 unspecified atom stereocenters. The molecule has 0 radical (unpaired) electrons. The van der Waals surface area contributed by atoms with Crippen molar-refractivity contribution in [2.75, 3.05) is 20.2 Å². The topological polar surface area (TPSA) is 21.3 Å². The third-order valence-corrected chi connectivity index (χ3v) is 3.24. The molecule has 1 aliphatic heterocycles. The zero-order valence-electron chi connectivity index (χ0n) is 8.87. The summed E-state index contributed by atoms with van der Waals surface area (Å²) < 4.78 is 5.43. The van der Waals surface area contributed by atoms with Crippen LogP contribution in [0.5, 0.6) is 0 Å². The van der Waals surface area contributed by atoms with Gasteiger partial charge in [0.2, 0.25) is 0 Å². The second-order valence-electron chi connectivity index (χ2n) is 4.02. The predicted molar refractivity (Wildman–Crippen MR) is 62.3 cm³/mol. The minimum Gasteiger partial charge on any atom is -0.380 e. The van der Waals surface area contributed by atoms with Crippen LogP contribution in [-0.2, 0) is 11.2 Å². The number of benzene rings is 1. The normalized spacial score (nSPS) is 25.7. The van der Waals surface area contributed by atoms with Gasteiger partial charge in [-0.2, -0.15) is 0 Å². The van der Waals surface area contributed by atoms with E-state index in [9.17, 15) is 0 Å². The summed E-state index contributed by atoms with van der Waals surface area (Å²) in [5, 5.41) is 4.15. The fraction of sp³-hybridized carbons (Fsp3) is 0.500. The van der Waals surface area contributed by atoms with E-state index in [-0.39, 0.29) is 0 Å². The molecule has 0 bridgehead atoms. The lowest BCUT2D eigenvalue weighted by atomic mass is 9.97. The highest BCUT2D eigenvalue weighted by Gasteiger charge is 2.26. The van der Waals surface area contributed by atoms with Crippen LogP contribution in [0.1, 0.15) is 5.56 Å². The first-order valence-corrected chi connectivity index (χ1v) is 5.65. The van der Waals surface area contributed by atoms with Crippen LogP contribution in [0.15, 0.2) is 24.3 Å². The standard InChI is InChI=1S/C12H16ClNO/c1-15-12-8-14-7-10(12)6-9-2-4-11(13)5-3-9/h2-5,10,12,14H,6-8H2,1H3. The molecule has 1 aromatic rings. The van der Waals surface area contributed by atoms with E-state index in [1.54, 1.807) is 7.11 Å². The van der Waals surface area contributed by atoms with Gasteiger partial charge in [0, 0.05) is 31.1 Å². The zero-order valence-corrected chi connectivity index (χ0v) is 9.63. The van der Waals surface area contributed by atoms with E-state index in [1.165, 1.54) is 5.56 Å². The lowest BCUT2D eigenvalue weighted by Gasteiger charge is -2.16. The van der Waals surface area contributed by atoms with Crippen LogP contribution in [0.4, 0.5) is 0 Å². The smallest absolute Gasteiger partial charge is 0.0739 e. The van der Waals surface area contributed by atoms with Gasteiger partial charge in [-0.15, -0.1) is 0 Å². The third kappa shape index (κ3) is 2.71. The van der Waals surface area contributed by atoms with Crippen LogP contribution in [0, 0.1) is 5.92 Å². The lowest BCUT2D eigenvalue weighted by molar-refractivity contribution is 0.0832. The molecule has 1 heterocycles. The van der Waals surface area contributed by atoms with Crippen LogP contribution in [0.3, 0.4) is 0 Å². The Morgan fingerprint density at radius 2 is 2.07 bits per heavy atom. The van der Waals surface area contributed by atoms with Gasteiger partial charge in [-0.3, -0.25) is 0 Å². The Morgan fingerprint density at radius 3 is 2.73 bits per heavy atom. The van der Waals surface area contributed by atoms with Gasteiger partial charge in [0.05, 0.1) is 6.10 Å². The van der Waals surface area contributed by atoms with Crippen molar-refractivity contribution < 1.29 is 4.74 Å². The molecule has 15 heavy (non-hydrogen) atoms. The van der Waals surface area contributed by atoms with Gasteiger partial charge >= 0.3 is 0 Å². The number of nitrogens with one attached hydrogen (secondary N) is 1. The van der Waals surface area contributed by atoms with Gasteiger partial charge in [0.15, 0.2) is 0 Å². The Labute approximate surface area is 95.6 Å². The van der Waals surface area contributed by atoms with Crippen molar-refractivity contribution in [3.63, 3.8) is 0 Å². The molecule has 1 fully saturated rings. The summed E-state index contributed by atoms with van der Waals surface area (Å²) in [7, 11) is 1.78. The molecule has 2 atom stereocenters. The molecule has 0 spiro atoms. The average molecular weight is 226 g/mol. The van der Waals surface area contributed by atoms with Crippen LogP contribution in [0.2, 0.25) is 5.02 Å². The highest BCUT2D eigenvalue weighted by atomic mass is 35.5. The van der Waals surface area contributed by atoms with Crippen molar-refractivity contribution in [1.29, 1.82) is 0 Å². The van der Waals surface area contributed by atoms with Crippen LogP contribution < -0.4 is 5.32 Å². The predicted octanol–water partition coefficient (Wildman–Crippen LogP) is 2.12. The Hall–Kier alpha value is -0.570. The van der Waals surface area contributed by atoms with Crippen molar-refractivity contribution in [2.45, 2.75) is 12.5 Å². The van der Waals surface area contributed by atoms with Crippen molar-refractivity contribution in [3.8, 4) is 0 Å². The van der Waals surface area contributed by atoms with Crippen LogP contribution in [-0.4, -0.2) is 26.3 Å². The number of halogens is 1. The molecule has 0 aliphatic carbocycles. The van der Waals surface area contributed by atoms with E-state index >= 15 is 0 Å². The molecule has 2 rings (SSSR count). The maximum atomic E-state index is 5.85. The van der Waals surface area contributed by atoms with Gasteiger partial charge in [-0.1, -0.05) is 23.7 Å². The molecule has 0 amide bonds. The van der Waals surface area contributed by atoms with Gasteiger partial charge in [-0.05, 0) is 24.1 Å². The van der Waals surface area contributed by atoms with Crippen molar-refractivity contribution >= 4 is 11.6 Å². The molecule has 1 N–H and O–H groups in total. The van der Waals surface area contributed by atoms with Crippen LogP contribution >= 0.6 is 11.6 Å². The highest BCUT2D eigenvalue weighted by molar-refractivity contribution is 6.30. The summed E-state index contributed by atoms with van der Waals surface area (Å²) in [6, 6.07) is 8.07. The summed E-state index contributed by atoms with van der Waals surface area (Å²) in [5.41, 5.74) is 1.33. The Bertz CT molecular complexity index is 312. The quantitative estimate of drug-likeness (QED) is 0.851. The molecule has 3 heteroatoms. The van der Waals surface area contributed by atoms with E-state index in [0.29, 0.717) is 12.0 Å². The molecule has 1 aromatic carbocycles. The first kappa shape index (κ1) is 10.9. The Kier molecular flexibility index (Phi) is 3.62. The van der Waals surface area contributed by atoms with Gasteiger partial charge in [0.25, 0.3) is 0 Å². The maximum Gasteiger partial charge on any atom is 0.0739 e. The van der Waals surface area contributed by atoms with Gasteiger partial charge in [0.1, 0.15) is 0 Å². The number of ether oxygens (including phenoxy) is 1. The fourth-order valence-electron chi connectivity index (χ4n) is 2.11. The van der Waals surface area contributed by atoms with Gasteiger partial charge in [-0.25, -0.2) is 0 Å². The second kappa shape index (κ2) is 4.97. The largest absolute Gasteiger partial charge is 0.380 e. The van der Waals surface area contributed by atoms with Crippen molar-refractivity contribution in [1.82, 2.24) is 5.32 Å². The minimum absolute atomic E-state index is 0.348. The lowest BCUT2D eigenvalue weighted by Crippen LogP contribution is -2.22. The summed E-state index contributed by atoms with van der Waals surface area (Å²) in [5.74, 6) is 0.580. The monoisotopic (exact) mass is 225 g/mol. The number of rotatable bonds is 3. The summed E-state index contributed by atoms with van der Waals surface area (Å²) in [4.78, 5) is 0. The first-order chi connectivity index (χ1) is 7.29. The number of methoxy groups -OCH3 is 1. The van der Waals surface area contributed by atoms with E-state index < -0.39 is 0 Å². The first-order valence-electron chi connectivity index (χ1n) is 5.27. The average Bonchev–Trinajstić information content (AvgIpc) is 2.69. The third-order valence-electron chi connectivity index (χ3n) is 2.99. The summed E-state index contributed by atoms with van der Waals surface area (Å²) >= 11 is 5.85. The molecule has 1 saturated heterocycles. The number of hydrogen-bond acceptors (Lipinski definition) is 2. The highest BCUT2D eigenvalue weighted by Crippen LogP contribution is 2.19. The summed E-state index contributed by atoms with van der Waals surface area (Å²) in [6.07, 6.45) is 1.41. The van der Waals surface area contributed by atoms with E-state index in [4.69, 9.17) is 16.3 Å². The Balaban J connectivity index is 1.99. The molecule has 0 saturated carbocycles. The number of hydrogen-bond donors (Lipinski definition) is 1. The van der Waals surface area contributed by atoms with Crippen molar-refractivity contribution in [2.24, 2.45) is 5.92 Å². The second-order valence-corrected chi connectivity index (χ2v) is 4.46. The van der Waals surface area contributed by atoms with E-state index in [2.05, 4.69) is 17.4 Å². The molecular weight excluding hydrogens is 210 g/mol. The summed E-state index contributed by atoms with van der Waals surface area (Å²) in [6.45, 7) is 2.01. The van der Waals surface area contributed by atoms with E-state index in [1.807, 2.05) is 12.1 Å². The minimum atomic E-state index is 0.348. The van der Waals surface area contributed by atoms with E-state index in [0.717, 1.165) is 24.5 Å².